The highest BCUT2D eigenvalue weighted by Crippen LogP contribution is 2.08. The van der Waals surface area contributed by atoms with E-state index < -0.39 is 10.1 Å². The van der Waals surface area contributed by atoms with Gasteiger partial charge in [0.25, 0.3) is 10.1 Å². The van der Waals surface area contributed by atoms with Crippen molar-refractivity contribution in [2.75, 3.05) is 0 Å². The highest BCUT2D eigenvalue weighted by atomic mass is 32.2. The van der Waals surface area contributed by atoms with Gasteiger partial charge in [-0.2, -0.15) is 8.42 Å². The highest BCUT2D eigenvalue weighted by molar-refractivity contribution is 7.85. The molecule has 5 nitrogen and oxygen atoms in total. The lowest BCUT2D eigenvalue weighted by Crippen LogP contribution is -2.18. The van der Waals surface area contributed by atoms with Gasteiger partial charge in [-0.3, -0.25) is 4.55 Å². The maximum absolute atomic E-state index is 10.5. The predicted octanol–water partition coefficient (Wildman–Crippen LogP) is 0.430. The van der Waals surface area contributed by atoms with Gasteiger partial charge < -0.3 is 11.5 Å². The van der Waals surface area contributed by atoms with E-state index in [-0.39, 0.29) is 10.0 Å². The van der Waals surface area contributed by atoms with Crippen LogP contribution >= 0.6 is 12.2 Å². The second kappa shape index (κ2) is 5.64. The first kappa shape index (κ1) is 13.8. The quantitative estimate of drug-likeness (QED) is 0.491. The number of rotatable bonds is 1. The molecule has 0 aliphatic carbocycles. The van der Waals surface area contributed by atoms with Crippen LogP contribution in [-0.2, 0) is 10.1 Å². The Morgan fingerprint density at radius 2 is 1.60 bits per heavy atom. The molecule has 0 spiro atoms. The predicted molar refractivity (Wildman–Crippen MR) is 62.0 cm³/mol. The van der Waals surface area contributed by atoms with Crippen LogP contribution in [-0.4, -0.2) is 18.1 Å². The summed E-state index contributed by atoms with van der Waals surface area (Å²) in [6, 6.07) is 5.99. The van der Waals surface area contributed by atoms with Gasteiger partial charge in [0.2, 0.25) is 0 Å². The van der Waals surface area contributed by atoms with Gasteiger partial charge >= 0.3 is 0 Å². The molecule has 0 heterocycles. The van der Waals surface area contributed by atoms with Crippen molar-refractivity contribution in [2.45, 2.75) is 11.8 Å². The smallest absolute Gasteiger partial charge is 0.294 e. The third-order valence-corrected chi connectivity index (χ3v) is 2.19. The maximum atomic E-state index is 10.5. The van der Waals surface area contributed by atoms with Crippen LogP contribution in [0.2, 0.25) is 0 Å². The van der Waals surface area contributed by atoms with Crippen LogP contribution in [0.15, 0.2) is 29.2 Å². The Morgan fingerprint density at radius 1 is 1.27 bits per heavy atom. The summed E-state index contributed by atoms with van der Waals surface area (Å²) in [7, 11) is -4.02. The van der Waals surface area contributed by atoms with Gasteiger partial charge in [-0.25, -0.2) is 0 Å². The van der Waals surface area contributed by atoms with Crippen molar-refractivity contribution in [1.82, 2.24) is 0 Å². The number of hydrogen-bond donors (Lipinski definition) is 3. The summed E-state index contributed by atoms with van der Waals surface area (Å²) < 4.78 is 29.6. The molecular formula is C8H12N2O3S2. The Balaban J connectivity index is 0.000000423. The Hall–Kier alpha value is -1.18. The molecule has 5 N–H and O–H groups in total. The zero-order chi connectivity index (χ0) is 12.1. The monoisotopic (exact) mass is 248 g/mol. The minimum absolute atomic E-state index is 0.000000000000000222. The molecule has 7 heteroatoms. The first-order chi connectivity index (χ1) is 6.73. The molecule has 1 aromatic carbocycles. The van der Waals surface area contributed by atoms with Gasteiger partial charge in [-0.1, -0.05) is 17.7 Å². The van der Waals surface area contributed by atoms with Crippen molar-refractivity contribution >= 4 is 27.4 Å². The van der Waals surface area contributed by atoms with Crippen LogP contribution in [0.25, 0.3) is 0 Å². The van der Waals surface area contributed by atoms with Gasteiger partial charge in [-0.15, -0.1) is 0 Å². The van der Waals surface area contributed by atoms with E-state index in [9.17, 15) is 8.42 Å². The van der Waals surface area contributed by atoms with Gasteiger partial charge in [0, 0.05) is 0 Å². The molecule has 1 rings (SSSR count). The normalized spacial score (nSPS) is 10.0. The molecule has 0 saturated carbocycles. The minimum atomic E-state index is -4.02. The topological polar surface area (TPSA) is 106 Å². The number of thiocarbonyl (C=S) groups is 1. The number of aryl methyl sites for hydroxylation is 1. The largest absolute Gasteiger partial charge is 0.377 e. The molecule has 0 radical (unpaired) electrons. The summed E-state index contributed by atoms with van der Waals surface area (Å²) in [4.78, 5) is -0.0666. The van der Waals surface area contributed by atoms with Crippen LogP contribution < -0.4 is 11.5 Å². The number of nitrogens with two attached hydrogens (primary N) is 2. The first-order valence-electron chi connectivity index (χ1n) is 3.82. The van der Waals surface area contributed by atoms with Crippen LogP contribution in [0, 0.1) is 6.92 Å². The molecule has 0 bridgehead atoms. The average molecular weight is 248 g/mol. The molecule has 0 unspecified atom stereocenters. The van der Waals surface area contributed by atoms with Crippen molar-refractivity contribution in [3.63, 3.8) is 0 Å². The van der Waals surface area contributed by atoms with E-state index in [1.54, 1.807) is 12.1 Å². The molecule has 0 atom stereocenters. The summed E-state index contributed by atoms with van der Waals surface area (Å²) >= 11 is 4.09. The van der Waals surface area contributed by atoms with Crippen LogP contribution in [0.3, 0.4) is 0 Å². The summed E-state index contributed by atoms with van der Waals surface area (Å²) in [5.41, 5.74) is 10.2. The molecule has 0 aliphatic rings. The summed E-state index contributed by atoms with van der Waals surface area (Å²) in [6.45, 7) is 1.84. The zero-order valence-electron chi connectivity index (χ0n) is 8.04. The third kappa shape index (κ3) is 6.83. The standard InChI is InChI=1S/C7H8O3S.CH4N2S/c1-6-2-4-7(5-3-6)11(8,9)10;2-1(3)4/h2-5H,1H3,(H,8,9,10);(H4,2,3,4). The second-order valence-electron chi connectivity index (χ2n) is 2.69. The fourth-order valence-electron chi connectivity index (χ4n) is 0.710. The molecule has 84 valence electrons. The molecular weight excluding hydrogens is 236 g/mol. The van der Waals surface area contributed by atoms with Crippen LogP contribution in [0.1, 0.15) is 5.56 Å². The van der Waals surface area contributed by atoms with Gasteiger partial charge in [0.1, 0.15) is 0 Å². The van der Waals surface area contributed by atoms with E-state index in [2.05, 4.69) is 23.7 Å². The molecule has 1 aromatic rings. The van der Waals surface area contributed by atoms with Gasteiger partial charge in [-0.05, 0) is 31.3 Å². The molecule has 0 fully saturated rings. The molecule has 15 heavy (non-hydrogen) atoms. The SMILES string of the molecule is Cc1ccc(S(=O)(=O)O)cc1.NC(N)=S. The van der Waals surface area contributed by atoms with E-state index in [1.165, 1.54) is 12.1 Å². The van der Waals surface area contributed by atoms with E-state index in [1.807, 2.05) is 6.92 Å². The Morgan fingerprint density at radius 3 is 1.87 bits per heavy atom. The lowest BCUT2D eigenvalue weighted by atomic mass is 10.2. The van der Waals surface area contributed by atoms with Crippen molar-refractivity contribution in [1.29, 1.82) is 0 Å². The van der Waals surface area contributed by atoms with E-state index in [0.717, 1.165) is 5.56 Å². The van der Waals surface area contributed by atoms with Crippen LogP contribution in [0.5, 0.6) is 0 Å². The molecule has 0 saturated heterocycles. The Labute approximate surface area is 93.8 Å². The van der Waals surface area contributed by atoms with E-state index >= 15 is 0 Å². The second-order valence-corrected chi connectivity index (χ2v) is 4.58. The van der Waals surface area contributed by atoms with Crippen LogP contribution in [0.4, 0.5) is 0 Å². The molecule has 0 aliphatic heterocycles. The van der Waals surface area contributed by atoms with Gasteiger partial charge in [0.05, 0.1) is 4.90 Å². The zero-order valence-corrected chi connectivity index (χ0v) is 9.68. The fourth-order valence-corrected chi connectivity index (χ4v) is 1.19. The lowest BCUT2D eigenvalue weighted by Gasteiger charge is -1.95. The van der Waals surface area contributed by atoms with E-state index in [0.29, 0.717) is 0 Å². The van der Waals surface area contributed by atoms with Crippen molar-refractivity contribution < 1.29 is 13.0 Å². The Kier molecular flexibility index (Phi) is 5.20. The number of benzene rings is 1. The van der Waals surface area contributed by atoms with Crippen molar-refractivity contribution in [3.05, 3.63) is 29.8 Å². The molecule has 0 aromatic heterocycles. The molecule has 0 amide bonds. The summed E-state index contributed by atoms with van der Waals surface area (Å²) in [6.07, 6.45) is 0. The fraction of sp³-hybridized carbons (Fsp3) is 0.125. The summed E-state index contributed by atoms with van der Waals surface area (Å²) in [5, 5.41) is 0.000000000000000222. The van der Waals surface area contributed by atoms with E-state index in [4.69, 9.17) is 4.55 Å². The Bertz CT molecular complexity index is 422. The maximum Gasteiger partial charge on any atom is 0.294 e. The first-order valence-corrected chi connectivity index (χ1v) is 5.67. The number of hydrogen-bond acceptors (Lipinski definition) is 3. The third-order valence-electron chi connectivity index (χ3n) is 1.32. The minimum Gasteiger partial charge on any atom is -0.377 e. The van der Waals surface area contributed by atoms with Crippen molar-refractivity contribution in [3.8, 4) is 0 Å². The lowest BCUT2D eigenvalue weighted by molar-refractivity contribution is 0.483. The van der Waals surface area contributed by atoms with Crippen molar-refractivity contribution in [2.24, 2.45) is 11.5 Å². The van der Waals surface area contributed by atoms with Gasteiger partial charge in [0.15, 0.2) is 5.11 Å². The average Bonchev–Trinajstić information content (AvgIpc) is 2.01. The highest BCUT2D eigenvalue weighted by Gasteiger charge is 2.06. The summed E-state index contributed by atoms with van der Waals surface area (Å²) in [5.74, 6) is 0.